The summed E-state index contributed by atoms with van der Waals surface area (Å²) in [7, 11) is 0. The van der Waals surface area contributed by atoms with Crippen molar-refractivity contribution in [3.63, 3.8) is 0 Å². The van der Waals surface area contributed by atoms with E-state index in [9.17, 15) is 5.11 Å². The highest BCUT2D eigenvalue weighted by molar-refractivity contribution is 5.91. The number of nitrogens with zero attached hydrogens (tertiary/aromatic N) is 4. The molecule has 22 heavy (non-hydrogen) atoms. The third-order valence-electron chi connectivity index (χ3n) is 3.71. The van der Waals surface area contributed by atoms with Gasteiger partial charge in [-0.1, -0.05) is 12.1 Å². The van der Waals surface area contributed by atoms with Gasteiger partial charge in [0.2, 0.25) is 5.95 Å². The van der Waals surface area contributed by atoms with Crippen molar-refractivity contribution >= 4 is 17.0 Å². The van der Waals surface area contributed by atoms with E-state index in [4.69, 9.17) is 9.72 Å². The van der Waals surface area contributed by atoms with Crippen LogP contribution in [0.3, 0.4) is 0 Å². The number of morpholine rings is 1. The van der Waals surface area contributed by atoms with Crippen LogP contribution in [0.2, 0.25) is 0 Å². The Labute approximate surface area is 126 Å². The van der Waals surface area contributed by atoms with Crippen molar-refractivity contribution in [1.82, 2.24) is 20.2 Å². The summed E-state index contributed by atoms with van der Waals surface area (Å²) in [5, 5.41) is 17.5. The lowest BCUT2D eigenvalue weighted by molar-refractivity contribution is 0.122. The molecule has 112 valence electrons. The Kier molecular flexibility index (Phi) is 3.12. The van der Waals surface area contributed by atoms with Gasteiger partial charge in [-0.15, -0.1) is 0 Å². The molecule has 3 heterocycles. The average molecular weight is 297 g/mol. The van der Waals surface area contributed by atoms with Crippen LogP contribution in [0.5, 0.6) is 5.75 Å². The van der Waals surface area contributed by atoms with Crippen molar-refractivity contribution in [2.24, 2.45) is 0 Å². The van der Waals surface area contributed by atoms with Gasteiger partial charge in [0, 0.05) is 18.7 Å². The molecule has 1 aliphatic heterocycles. The number of aromatic hydroxyl groups is 1. The lowest BCUT2D eigenvalue weighted by Gasteiger charge is -2.27. The van der Waals surface area contributed by atoms with Gasteiger partial charge in [0.25, 0.3) is 0 Å². The van der Waals surface area contributed by atoms with Gasteiger partial charge in [0.1, 0.15) is 5.75 Å². The van der Waals surface area contributed by atoms with Crippen LogP contribution in [0.4, 0.5) is 5.95 Å². The fourth-order valence-electron chi connectivity index (χ4n) is 2.60. The molecule has 2 N–H and O–H groups in total. The van der Waals surface area contributed by atoms with E-state index in [1.165, 1.54) is 0 Å². The van der Waals surface area contributed by atoms with E-state index >= 15 is 0 Å². The summed E-state index contributed by atoms with van der Waals surface area (Å²) in [5.41, 5.74) is 2.29. The molecule has 0 bridgehead atoms. The zero-order valence-electron chi connectivity index (χ0n) is 11.9. The maximum atomic E-state index is 9.72. The van der Waals surface area contributed by atoms with Crippen molar-refractivity contribution in [3.05, 3.63) is 30.5 Å². The Morgan fingerprint density at radius 3 is 2.86 bits per heavy atom. The molecule has 7 nitrogen and oxygen atoms in total. The Morgan fingerprint density at radius 1 is 1.18 bits per heavy atom. The minimum absolute atomic E-state index is 0.209. The number of phenols is 1. The average Bonchev–Trinajstić information content (AvgIpc) is 3.03. The number of ether oxygens (including phenoxy) is 1. The van der Waals surface area contributed by atoms with Crippen molar-refractivity contribution in [2.75, 3.05) is 31.2 Å². The Bertz CT molecular complexity index is 811. The lowest BCUT2D eigenvalue weighted by Crippen LogP contribution is -2.37. The molecule has 4 rings (SSSR count). The second-order valence-electron chi connectivity index (χ2n) is 5.15. The zero-order chi connectivity index (χ0) is 14.9. The number of anilines is 1. The third kappa shape index (κ3) is 2.25. The topological polar surface area (TPSA) is 87.2 Å². The molecule has 7 heteroatoms. The molecule has 1 aliphatic rings. The number of H-pyrrole nitrogens is 1. The minimum atomic E-state index is 0.209. The van der Waals surface area contributed by atoms with Gasteiger partial charge in [-0.25, -0.2) is 4.98 Å². The van der Waals surface area contributed by atoms with E-state index < -0.39 is 0 Å². The summed E-state index contributed by atoms with van der Waals surface area (Å²) in [5.74, 6) is 0.860. The summed E-state index contributed by atoms with van der Waals surface area (Å²) in [6.07, 6.45) is 1.71. The molecule has 0 radical (unpaired) electrons. The molecular formula is C15H15N5O2. The van der Waals surface area contributed by atoms with Crippen molar-refractivity contribution < 1.29 is 9.84 Å². The molecule has 1 saturated heterocycles. The van der Waals surface area contributed by atoms with E-state index in [2.05, 4.69) is 20.1 Å². The standard InChI is InChI=1S/C15H15N5O2/c21-11-3-1-2-10(8-11)13-12-9-16-19-14(12)18-15(17-13)20-4-6-22-7-5-20/h1-3,8-9,21H,4-7H2,(H,16,17,18,19). The molecule has 0 amide bonds. The zero-order valence-corrected chi connectivity index (χ0v) is 11.9. The first kappa shape index (κ1) is 13.0. The van der Waals surface area contributed by atoms with Gasteiger partial charge in [-0.05, 0) is 12.1 Å². The molecule has 1 aromatic carbocycles. The van der Waals surface area contributed by atoms with Crippen molar-refractivity contribution in [3.8, 4) is 17.0 Å². The van der Waals surface area contributed by atoms with Crippen LogP contribution in [0.25, 0.3) is 22.3 Å². The lowest BCUT2D eigenvalue weighted by atomic mass is 10.1. The summed E-state index contributed by atoms with van der Waals surface area (Å²) in [6, 6.07) is 7.04. The van der Waals surface area contributed by atoms with Crippen LogP contribution in [-0.4, -0.2) is 51.6 Å². The Morgan fingerprint density at radius 2 is 2.05 bits per heavy atom. The number of hydrogen-bond acceptors (Lipinski definition) is 6. The predicted octanol–water partition coefficient (Wildman–Crippen LogP) is 1.56. The van der Waals surface area contributed by atoms with Crippen LogP contribution in [0.1, 0.15) is 0 Å². The monoisotopic (exact) mass is 297 g/mol. The number of phenolic OH excluding ortho intramolecular Hbond substituents is 1. The summed E-state index contributed by atoms with van der Waals surface area (Å²) < 4.78 is 5.37. The van der Waals surface area contributed by atoms with E-state index in [0.717, 1.165) is 29.7 Å². The predicted molar refractivity (Wildman–Crippen MR) is 81.8 cm³/mol. The summed E-state index contributed by atoms with van der Waals surface area (Å²) in [4.78, 5) is 11.3. The molecule has 0 spiro atoms. The van der Waals surface area contributed by atoms with Crippen LogP contribution >= 0.6 is 0 Å². The first-order valence-electron chi connectivity index (χ1n) is 7.14. The maximum absolute atomic E-state index is 9.72. The molecule has 0 unspecified atom stereocenters. The third-order valence-corrected chi connectivity index (χ3v) is 3.71. The first-order chi connectivity index (χ1) is 10.8. The van der Waals surface area contributed by atoms with E-state index in [1.54, 1.807) is 24.4 Å². The van der Waals surface area contributed by atoms with Gasteiger partial charge in [-0.3, -0.25) is 5.10 Å². The number of nitrogens with one attached hydrogen (secondary N) is 1. The number of rotatable bonds is 2. The first-order valence-corrected chi connectivity index (χ1v) is 7.14. The van der Waals surface area contributed by atoms with Crippen LogP contribution < -0.4 is 4.90 Å². The quantitative estimate of drug-likeness (QED) is 0.746. The number of aromatic amines is 1. The van der Waals surface area contributed by atoms with E-state index in [1.807, 2.05) is 6.07 Å². The molecule has 3 aromatic rings. The number of fused-ring (bicyclic) bond motifs is 1. The molecule has 0 atom stereocenters. The van der Waals surface area contributed by atoms with Gasteiger partial charge in [0.15, 0.2) is 5.65 Å². The fourth-order valence-corrected chi connectivity index (χ4v) is 2.60. The van der Waals surface area contributed by atoms with Crippen molar-refractivity contribution in [2.45, 2.75) is 0 Å². The van der Waals surface area contributed by atoms with Gasteiger partial charge < -0.3 is 14.7 Å². The minimum Gasteiger partial charge on any atom is -0.508 e. The normalized spacial score (nSPS) is 15.4. The van der Waals surface area contributed by atoms with Gasteiger partial charge in [-0.2, -0.15) is 10.1 Å². The van der Waals surface area contributed by atoms with Gasteiger partial charge >= 0.3 is 0 Å². The number of aromatic nitrogens is 4. The molecule has 2 aromatic heterocycles. The molecule has 0 aliphatic carbocycles. The Hall–Kier alpha value is -2.67. The van der Waals surface area contributed by atoms with E-state index in [-0.39, 0.29) is 5.75 Å². The smallest absolute Gasteiger partial charge is 0.228 e. The number of hydrogen-bond donors (Lipinski definition) is 2. The second kappa shape index (κ2) is 5.27. The molecular weight excluding hydrogens is 282 g/mol. The van der Waals surface area contributed by atoms with Gasteiger partial charge in [0.05, 0.1) is 30.5 Å². The largest absolute Gasteiger partial charge is 0.508 e. The summed E-state index contributed by atoms with van der Waals surface area (Å²) in [6.45, 7) is 2.87. The highest BCUT2D eigenvalue weighted by atomic mass is 16.5. The molecule has 0 saturated carbocycles. The fraction of sp³-hybridized carbons (Fsp3) is 0.267. The highest BCUT2D eigenvalue weighted by Crippen LogP contribution is 2.29. The highest BCUT2D eigenvalue weighted by Gasteiger charge is 2.18. The van der Waals surface area contributed by atoms with Crippen LogP contribution in [0, 0.1) is 0 Å². The van der Waals surface area contributed by atoms with Crippen LogP contribution in [-0.2, 0) is 4.74 Å². The Balaban J connectivity index is 1.87. The number of benzene rings is 1. The molecule has 1 fully saturated rings. The van der Waals surface area contributed by atoms with Crippen molar-refractivity contribution in [1.29, 1.82) is 0 Å². The second-order valence-corrected chi connectivity index (χ2v) is 5.15. The maximum Gasteiger partial charge on any atom is 0.228 e. The summed E-state index contributed by atoms with van der Waals surface area (Å²) >= 11 is 0. The van der Waals surface area contributed by atoms with Crippen LogP contribution in [0.15, 0.2) is 30.5 Å². The van der Waals surface area contributed by atoms with E-state index in [0.29, 0.717) is 24.8 Å². The SMILES string of the molecule is Oc1cccc(-c2nc(N3CCOCC3)nc3[nH]ncc23)c1.